The lowest BCUT2D eigenvalue weighted by molar-refractivity contribution is -0.179. The highest BCUT2D eigenvalue weighted by Gasteiger charge is 2.84. The molecule has 37 heavy (non-hydrogen) atoms. The number of esters is 2. The number of ether oxygens (including phenoxy) is 3. The highest BCUT2D eigenvalue weighted by atomic mass is 16.6. The number of hydrogen-bond donors (Lipinski definition) is 2. The van der Waals surface area contributed by atoms with Gasteiger partial charge < -0.3 is 24.4 Å². The Balaban J connectivity index is 1.84. The van der Waals surface area contributed by atoms with E-state index in [1.54, 1.807) is 12.2 Å². The van der Waals surface area contributed by atoms with E-state index in [1.807, 2.05) is 27.7 Å². The maximum absolute atomic E-state index is 14.0. The number of ketones is 2. The molecule has 1 saturated carbocycles. The number of allylic oxidation sites excluding steroid dienone is 4. The summed E-state index contributed by atoms with van der Waals surface area (Å²) in [4.78, 5) is 54.4. The fourth-order valence-corrected chi connectivity index (χ4v) is 6.18. The Morgan fingerprint density at radius 2 is 1.73 bits per heavy atom. The van der Waals surface area contributed by atoms with Crippen molar-refractivity contribution in [1.82, 2.24) is 0 Å². The fourth-order valence-electron chi connectivity index (χ4n) is 6.18. The van der Waals surface area contributed by atoms with Gasteiger partial charge in [0.1, 0.15) is 28.7 Å². The smallest absolute Gasteiger partial charge is 0.315 e. The largest absolute Gasteiger partial charge is 0.507 e. The van der Waals surface area contributed by atoms with Crippen LogP contribution in [0, 0.1) is 17.8 Å². The average Bonchev–Trinajstić information content (AvgIpc) is 3.03. The maximum atomic E-state index is 14.0. The normalized spacial score (nSPS) is 30.5. The number of carbonyl (C=O) groups excluding carboxylic acids is 4. The summed E-state index contributed by atoms with van der Waals surface area (Å²) in [6.45, 7) is 7.35. The van der Waals surface area contributed by atoms with Crippen molar-refractivity contribution >= 4 is 23.5 Å². The molecule has 5 aliphatic rings. The van der Waals surface area contributed by atoms with Gasteiger partial charge in [-0.05, 0) is 34.1 Å². The lowest BCUT2D eigenvalue weighted by Gasteiger charge is -2.56. The van der Waals surface area contributed by atoms with E-state index in [1.165, 1.54) is 6.08 Å². The fraction of sp³-hybridized carbons (Fsp3) is 0.429. The van der Waals surface area contributed by atoms with E-state index in [0.29, 0.717) is 0 Å². The van der Waals surface area contributed by atoms with Gasteiger partial charge >= 0.3 is 11.9 Å². The number of fused-ring (bicyclic) bond motifs is 1. The van der Waals surface area contributed by atoms with E-state index in [-0.39, 0.29) is 41.0 Å². The summed E-state index contributed by atoms with van der Waals surface area (Å²) in [6, 6.07) is 1.07. The molecule has 2 fully saturated rings. The van der Waals surface area contributed by atoms with Gasteiger partial charge in [0.2, 0.25) is 5.60 Å². The molecule has 2 heterocycles. The second-order valence-electron chi connectivity index (χ2n) is 10.5. The van der Waals surface area contributed by atoms with Crippen molar-refractivity contribution in [3.8, 4) is 17.2 Å². The molecule has 194 valence electrons. The molecule has 1 unspecified atom stereocenters. The number of aromatic hydroxyl groups is 2. The number of benzene rings is 1. The van der Waals surface area contributed by atoms with Gasteiger partial charge in [-0.25, -0.2) is 0 Å². The summed E-state index contributed by atoms with van der Waals surface area (Å²) in [5, 5.41) is 21.4. The maximum Gasteiger partial charge on any atom is 0.315 e. The van der Waals surface area contributed by atoms with Crippen LogP contribution in [0.3, 0.4) is 0 Å². The van der Waals surface area contributed by atoms with Crippen molar-refractivity contribution in [1.29, 1.82) is 0 Å². The molecule has 0 radical (unpaired) electrons. The third-order valence-corrected chi connectivity index (χ3v) is 7.82. The third kappa shape index (κ3) is 3.03. The molecule has 6 rings (SSSR count). The Bertz CT molecular complexity index is 1370. The molecule has 1 aromatic rings. The van der Waals surface area contributed by atoms with Crippen LogP contribution in [-0.2, 0) is 30.3 Å². The molecular weight excluding hydrogens is 480 g/mol. The van der Waals surface area contributed by atoms with E-state index in [9.17, 15) is 29.4 Å². The molecule has 0 aromatic heterocycles. The molecular formula is C28H28O9. The van der Waals surface area contributed by atoms with Gasteiger partial charge in [0, 0.05) is 23.6 Å². The Labute approximate surface area is 213 Å². The molecule has 4 bridgehead atoms. The van der Waals surface area contributed by atoms with Crippen molar-refractivity contribution < 1.29 is 43.6 Å². The quantitative estimate of drug-likeness (QED) is 0.454. The van der Waals surface area contributed by atoms with Crippen molar-refractivity contribution in [3.05, 3.63) is 52.1 Å². The minimum atomic E-state index is -1.98. The van der Waals surface area contributed by atoms with Crippen LogP contribution in [0.4, 0.5) is 0 Å². The highest BCUT2D eigenvalue weighted by molar-refractivity contribution is 6.20. The molecule has 9 heteroatoms. The van der Waals surface area contributed by atoms with Crippen LogP contribution < -0.4 is 4.74 Å². The lowest BCUT2D eigenvalue weighted by Crippen LogP contribution is -2.75. The van der Waals surface area contributed by atoms with E-state index in [4.69, 9.17) is 14.2 Å². The van der Waals surface area contributed by atoms with Gasteiger partial charge in [0.25, 0.3) is 0 Å². The minimum Gasteiger partial charge on any atom is -0.507 e. The molecule has 1 spiro atoms. The predicted molar refractivity (Wildman–Crippen MR) is 129 cm³/mol. The van der Waals surface area contributed by atoms with E-state index in [2.05, 4.69) is 0 Å². The minimum absolute atomic E-state index is 0.0167. The first-order chi connectivity index (χ1) is 17.4. The van der Waals surface area contributed by atoms with Crippen molar-refractivity contribution in [2.45, 2.75) is 51.7 Å². The van der Waals surface area contributed by atoms with Gasteiger partial charge in [-0.15, -0.1) is 0 Å². The number of hydrogen-bond acceptors (Lipinski definition) is 9. The van der Waals surface area contributed by atoms with Gasteiger partial charge in [-0.1, -0.05) is 29.4 Å². The summed E-state index contributed by atoms with van der Waals surface area (Å²) in [5.74, 6) is -7.54. The van der Waals surface area contributed by atoms with Crippen LogP contribution in [0.15, 0.2) is 41.0 Å². The monoisotopic (exact) mass is 508 g/mol. The molecule has 9 nitrogen and oxygen atoms in total. The Hall–Kier alpha value is -3.88. The van der Waals surface area contributed by atoms with Crippen molar-refractivity contribution in [2.75, 3.05) is 7.11 Å². The van der Waals surface area contributed by atoms with Crippen LogP contribution in [-0.4, -0.2) is 52.0 Å². The first kappa shape index (κ1) is 24.8. The van der Waals surface area contributed by atoms with Crippen molar-refractivity contribution in [3.63, 3.8) is 0 Å². The summed E-state index contributed by atoms with van der Waals surface area (Å²) in [7, 11) is 1.16. The second kappa shape index (κ2) is 8.06. The zero-order valence-corrected chi connectivity index (χ0v) is 21.2. The second-order valence-corrected chi connectivity index (χ2v) is 10.5. The number of methoxy groups -OCH3 is 1. The van der Waals surface area contributed by atoms with Crippen LogP contribution in [0.5, 0.6) is 17.2 Å². The topological polar surface area (TPSA) is 136 Å². The summed E-state index contributed by atoms with van der Waals surface area (Å²) < 4.78 is 17.3. The average molecular weight is 509 g/mol. The Morgan fingerprint density at radius 3 is 2.35 bits per heavy atom. The number of phenols is 2. The summed E-state index contributed by atoms with van der Waals surface area (Å²) in [6.07, 6.45) is 4.96. The van der Waals surface area contributed by atoms with Crippen LogP contribution >= 0.6 is 0 Å². The Kier molecular flexibility index (Phi) is 5.40. The lowest BCUT2D eigenvalue weighted by atomic mass is 9.49. The molecule has 2 aliphatic heterocycles. The van der Waals surface area contributed by atoms with Crippen LogP contribution in [0.1, 0.15) is 50.0 Å². The van der Waals surface area contributed by atoms with E-state index >= 15 is 0 Å². The highest BCUT2D eigenvalue weighted by Crippen LogP contribution is 2.66. The van der Waals surface area contributed by atoms with Crippen LogP contribution in [0.2, 0.25) is 0 Å². The number of carbonyl (C=O) groups is 4. The molecule has 0 amide bonds. The molecule has 5 atom stereocenters. The van der Waals surface area contributed by atoms with Gasteiger partial charge in [-0.3, -0.25) is 19.2 Å². The molecule has 3 aliphatic carbocycles. The predicted octanol–water partition coefficient (Wildman–Crippen LogP) is 3.12. The van der Waals surface area contributed by atoms with Crippen molar-refractivity contribution in [2.24, 2.45) is 17.8 Å². The zero-order valence-electron chi connectivity index (χ0n) is 21.2. The summed E-state index contributed by atoms with van der Waals surface area (Å²) >= 11 is 0. The number of rotatable bonds is 5. The molecule has 1 aromatic carbocycles. The van der Waals surface area contributed by atoms with Crippen LogP contribution in [0.25, 0.3) is 0 Å². The first-order valence-electron chi connectivity index (χ1n) is 12.1. The van der Waals surface area contributed by atoms with Gasteiger partial charge in [-0.2, -0.15) is 0 Å². The van der Waals surface area contributed by atoms with Gasteiger partial charge in [0.05, 0.1) is 18.9 Å². The SMILES string of the molecule is COC(=O)[C@@H]1[C@H]2C(=O)OC3(CC=C(C)C)C(=O)[C@@H]1C=C1C(=O)c4c(O)cc(O)c(CC=C(C)C)c4O[C@]123. The number of phenolic OH excluding ortho intramolecular Hbond substituents is 2. The molecule has 1 saturated heterocycles. The third-order valence-electron chi connectivity index (χ3n) is 7.82. The van der Waals surface area contributed by atoms with E-state index < -0.39 is 58.2 Å². The Morgan fingerprint density at radius 1 is 1.05 bits per heavy atom. The van der Waals surface area contributed by atoms with E-state index in [0.717, 1.165) is 24.3 Å². The number of Topliss-reactive ketones (excluding diaryl/α,β-unsaturated/α-hetero) is 2. The zero-order chi connectivity index (χ0) is 27.0. The summed E-state index contributed by atoms with van der Waals surface area (Å²) in [5.41, 5.74) is -2.10. The standard InChI is InChI=1S/C28H28O9/c1-12(2)6-7-14-17(29)11-18(30)20-22(31)16-10-15-19(25(33)35-5)21-26(34)37-27(24(15)32,9-8-13(3)4)28(16,21)36-23(14)20/h6,8,10-11,15,19,21,29-30H,7,9H2,1-5H3/t15-,19+,21+,27?,28-/m1/s1. The first-order valence-corrected chi connectivity index (χ1v) is 12.1. The van der Waals surface area contributed by atoms with Gasteiger partial charge in [0.15, 0.2) is 17.2 Å². The molecule has 2 N–H and O–H groups in total.